The van der Waals surface area contributed by atoms with E-state index >= 15 is 0 Å². The van der Waals surface area contributed by atoms with Gasteiger partial charge in [0.2, 0.25) is 5.82 Å². The van der Waals surface area contributed by atoms with Crippen LogP contribution in [0.5, 0.6) is 0 Å². The van der Waals surface area contributed by atoms with Crippen LogP contribution in [-0.4, -0.2) is 20.2 Å². The first-order valence-corrected chi connectivity index (χ1v) is 4.53. The zero-order valence-electron chi connectivity index (χ0n) is 6.71. The average molecular weight is 190 g/mol. The lowest BCUT2D eigenvalue weighted by Crippen LogP contribution is -1.99. The summed E-state index contributed by atoms with van der Waals surface area (Å²) < 4.78 is 0. The molecule has 5 heteroatoms. The van der Waals surface area contributed by atoms with Crippen LogP contribution in [0.4, 0.5) is 0 Å². The Morgan fingerprint density at radius 2 is 2.54 bits per heavy atom. The molecule has 0 unspecified atom stereocenters. The van der Waals surface area contributed by atoms with Crippen LogP contribution in [0, 0.1) is 12.3 Å². The lowest BCUT2D eigenvalue weighted by molar-refractivity contribution is 0.592. The van der Waals surface area contributed by atoms with E-state index in [4.69, 9.17) is 6.42 Å². The van der Waals surface area contributed by atoms with Gasteiger partial charge in [0.15, 0.2) is 0 Å². The Kier molecular flexibility index (Phi) is 2.06. The number of tetrazole rings is 1. The van der Waals surface area contributed by atoms with Crippen LogP contribution in [0.3, 0.4) is 0 Å². The predicted octanol–water partition coefficient (Wildman–Crippen LogP) is 1.03. The maximum atomic E-state index is 5.11. The van der Waals surface area contributed by atoms with Gasteiger partial charge in [0, 0.05) is 0 Å². The van der Waals surface area contributed by atoms with E-state index in [1.807, 2.05) is 17.5 Å². The quantitative estimate of drug-likeness (QED) is 0.664. The first-order valence-electron chi connectivity index (χ1n) is 3.65. The predicted molar refractivity (Wildman–Crippen MR) is 50.0 cm³/mol. The first kappa shape index (κ1) is 7.95. The molecule has 0 spiro atoms. The Labute approximate surface area is 79.2 Å². The third kappa shape index (κ3) is 1.58. The van der Waals surface area contributed by atoms with Gasteiger partial charge in [-0.1, -0.05) is 12.0 Å². The molecular weight excluding hydrogens is 184 g/mol. The standard InChI is InChI=1S/C8H6N4S/c1-2-5-12-10-8(9-11-12)7-4-3-6-13-7/h1,3-4,6H,5H2. The minimum atomic E-state index is 0.359. The molecule has 0 aliphatic carbocycles. The molecule has 0 atom stereocenters. The van der Waals surface area contributed by atoms with Crippen LogP contribution in [0.1, 0.15) is 0 Å². The van der Waals surface area contributed by atoms with Crippen molar-refractivity contribution in [3.8, 4) is 23.0 Å². The number of hydrogen-bond acceptors (Lipinski definition) is 4. The van der Waals surface area contributed by atoms with E-state index in [0.29, 0.717) is 12.4 Å². The molecule has 0 saturated heterocycles. The fourth-order valence-corrected chi connectivity index (χ4v) is 1.54. The van der Waals surface area contributed by atoms with Crippen molar-refractivity contribution in [3.63, 3.8) is 0 Å². The van der Waals surface area contributed by atoms with E-state index < -0.39 is 0 Å². The largest absolute Gasteiger partial charge is 0.214 e. The van der Waals surface area contributed by atoms with Gasteiger partial charge in [-0.25, -0.2) is 0 Å². The molecule has 0 radical (unpaired) electrons. The molecule has 0 aromatic carbocycles. The van der Waals surface area contributed by atoms with Gasteiger partial charge < -0.3 is 0 Å². The Morgan fingerprint density at radius 3 is 3.23 bits per heavy atom. The van der Waals surface area contributed by atoms with E-state index in [-0.39, 0.29) is 0 Å². The topological polar surface area (TPSA) is 43.6 Å². The van der Waals surface area contributed by atoms with Gasteiger partial charge in [0.05, 0.1) is 4.88 Å². The van der Waals surface area contributed by atoms with Crippen molar-refractivity contribution in [1.82, 2.24) is 20.2 Å². The van der Waals surface area contributed by atoms with Crippen molar-refractivity contribution in [2.45, 2.75) is 6.54 Å². The summed E-state index contributed by atoms with van der Waals surface area (Å²) in [5.41, 5.74) is 0. The molecule has 0 amide bonds. The van der Waals surface area contributed by atoms with Crippen LogP contribution >= 0.6 is 11.3 Å². The summed E-state index contributed by atoms with van der Waals surface area (Å²) in [6.45, 7) is 0.359. The number of nitrogens with zero attached hydrogens (tertiary/aromatic N) is 4. The second-order valence-electron chi connectivity index (χ2n) is 2.32. The van der Waals surface area contributed by atoms with Gasteiger partial charge in [-0.2, -0.15) is 4.80 Å². The SMILES string of the molecule is C#CCn1nnc(-c2cccs2)n1. The van der Waals surface area contributed by atoms with Crippen LogP contribution in [-0.2, 0) is 6.54 Å². The van der Waals surface area contributed by atoms with Gasteiger partial charge >= 0.3 is 0 Å². The van der Waals surface area contributed by atoms with E-state index in [2.05, 4.69) is 21.3 Å². The molecular formula is C8H6N4S. The van der Waals surface area contributed by atoms with E-state index in [0.717, 1.165) is 4.88 Å². The van der Waals surface area contributed by atoms with Crippen LogP contribution < -0.4 is 0 Å². The van der Waals surface area contributed by atoms with E-state index in [9.17, 15) is 0 Å². The molecule has 0 saturated carbocycles. The third-order valence-corrected chi connectivity index (χ3v) is 2.29. The van der Waals surface area contributed by atoms with Gasteiger partial charge in [-0.3, -0.25) is 0 Å². The van der Waals surface area contributed by atoms with Gasteiger partial charge in [-0.05, 0) is 16.7 Å². The van der Waals surface area contributed by atoms with Crippen molar-refractivity contribution in [2.24, 2.45) is 0 Å². The molecule has 0 bridgehead atoms. The molecule has 0 fully saturated rings. The summed E-state index contributed by atoms with van der Waals surface area (Å²) in [6, 6.07) is 3.89. The average Bonchev–Trinajstić information content (AvgIpc) is 2.70. The molecule has 2 heterocycles. The second-order valence-corrected chi connectivity index (χ2v) is 3.27. The van der Waals surface area contributed by atoms with E-state index in [1.54, 1.807) is 11.3 Å². The van der Waals surface area contributed by atoms with Gasteiger partial charge in [-0.15, -0.1) is 28.0 Å². The van der Waals surface area contributed by atoms with Crippen molar-refractivity contribution in [2.75, 3.05) is 0 Å². The summed E-state index contributed by atoms with van der Waals surface area (Å²) in [5.74, 6) is 3.07. The molecule has 0 N–H and O–H groups in total. The Morgan fingerprint density at radius 1 is 1.62 bits per heavy atom. The van der Waals surface area contributed by atoms with Crippen LogP contribution in [0.15, 0.2) is 17.5 Å². The highest BCUT2D eigenvalue weighted by atomic mass is 32.1. The summed E-state index contributed by atoms with van der Waals surface area (Å²) in [6.07, 6.45) is 5.11. The molecule has 4 nitrogen and oxygen atoms in total. The van der Waals surface area contributed by atoms with Crippen LogP contribution in [0.2, 0.25) is 0 Å². The van der Waals surface area contributed by atoms with Crippen molar-refractivity contribution >= 4 is 11.3 Å². The third-order valence-electron chi connectivity index (χ3n) is 1.43. The number of aromatic nitrogens is 4. The highest BCUT2D eigenvalue weighted by Crippen LogP contribution is 2.19. The molecule has 2 rings (SSSR count). The molecule has 2 aromatic rings. The van der Waals surface area contributed by atoms with Gasteiger partial charge in [0.1, 0.15) is 6.54 Å². The number of rotatable bonds is 2. The maximum Gasteiger partial charge on any atom is 0.214 e. The number of terminal acetylenes is 1. The van der Waals surface area contributed by atoms with Crippen molar-refractivity contribution in [1.29, 1.82) is 0 Å². The summed E-state index contributed by atoms with van der Waals surface area (Å²) >= 11 is 1.58. The van der Waals surface area contributed by atoms with E-state index in [1.165, 1.54) is 4.80 Å². The highest BCUT2D eigenvalue weighted by Gasteiger charge is 2.04. The number of hydrogen-bond donors (Lipinski definition) is 0. The van der Waals surface area contributed by atoms with Gasteiger partial charge in [0.25, 0.3) is 0 Å². The zero-order chi connectivity index (χ0) is 9.10. The first-order chi connectivity index (χ1) is 6.40. The number of thiophene rings is 1. The molecule has 0 aliphatic heterocycles. The molecule has 2 aromatic heterocycles. The molecule has 13 heavy (non-hydrogen) atoms. The fraction of sp³-hybridized carbons (Fsp3) is 0.125. The molecule has 0 aliphatic rings. The summed E-state index contributed by atoms with van der Waals surface area (Å²) in [7, 11) is 0. The lowest BCUT2D eigenvalue weighted by Gasteiger charge is -1.86. The lowest BCUT2D eigenvalue weighted by atomic mass is 10.5. The second kappa shape index (κ2) is 3.37. The Hall–Kier alpha value is -1.67. The summed E-state index contributed by atoms with van der Waals surface area (Å²) in [5, 5.41) is 13.7. The monoisotopic (exact) mass is 190 g/mol. The Balaban J connectivity index is 2.29. The minimum absolute atomic E-state index is 0.359. The Bertz CT molecular complexity index is 423. The van der Waals surface area contributed by atoms with Crippen molar-refractivity contribution in [3.05, 3.63) is 17.5 Å². The normalized spacial score (nSPS) is 9.77. The summed E-state index contributed by atoms with van der Waals surface area (Å²) in [4.78, 5) is 2.40. The highest BCUT2D eigenvalue weighted by molar-refractivity contribution is 7.13. The zero-order valence-corrected chi connectivity index (χ0v) is 7.53. The molecule has 64 valence electrons. The van der Waals surface area contributed by atoms with Crippen molar-refractivity contribution < 1.29 is 0 Å². The smallest absolute Gasteiger partial charge is 0.152 e. The minimum Gasteiger partial charge on any atom is -0.152 e. The van der Waals surface area contributed by atoms with Crippen LogP contribution in [0.25, 0.3) is 10.7 Å². The fourth-order valence-electron chi connectivity index (χ4n) is 0.896. The maximum absolute atomic E-state index is 5.11.